The number of ether oxygens (including phenoxy) is 8. The number of nitrogens with zero attached hydrogens (tertiary/aromatic N) is 3. The Morgan fingerprint density at radius 3 is 2.26 bits per heavy atom. The molecule has 4 fully saturated rings. The van der Waals surface area contributed by atoms with Crippen molar-refractivity contribution in [1.29, 1.82) is 0 Å². The molecule has 0 aromatic carbocycles. The quantitative estimate of drug-likeness (QED) is 0.288. The number of likely N-dealkylation sites (N-methyl/N-ethyl adjacent to an activating group) is 1. The van der Waals surface area contributed by atoms with Gasteiger partial charge in [-0.3, -0.25) is 14.7 Å². The van der Waals surface area contributed by atoms with Gasteiger partial charge in [-0.1, -0.05) is 20.8 Å². The van der Waals surface area contributed by atoms with Crippen molar-refractivity contribution in [1.82, 2.24) is 9.80 Å². The Balaban J connectivity index is 1.68. The standard InChI is InChI=1S/C42H73N3O13/c1-21-18-41(10,52-20-22(2)46)36(57-38-32(47)29(44(12)13)17-23(3)53-38)25(5)33(56-30-19-40(9,51-14)35(48)27(7)54-30)26(6)37(49)55-28(8)42(11)34-24(4)31(21)43-15-16-45(34)39(50)58-42/h21-30,32-36,38,46-48H,15-20H2,1-14H3/t21-,22?,23+,24+,25+,26-,27+,28-,29-,30+,32?,33+,34-,35+,36-,38-,40-,41+,42-/m1/s1. The minimum Gasteiger partial charge on any atom is -0.458 e. The highest BCUT2D eigenvalue weighted by molar-refractivity contribution is 5.91. The van der Waals surface area contributed by atoms with Gasteiger partial charge in [-0.15, -0.1) is 0 Å². The molecule has 0 aromatic rings. The second-order valence-electron chi connectivity index (χ2n) is 18.8. The molecule has 16 nitrogen and oxygen atoms in total. The predicted molar refractivity (Wildman–Crippen MR) is 213 cm³/mol. The van der Waals surface area contributed by atoms with Gasteiger partial charge < -0.3 is 58.1 Å². The number of cyclic esters (lactones) is 1. The molecule has 0 spiro atoms. The summed E-state index contributed by atoms with van der Waals surface area (Å²) in [7, 11) is 5.34. The highest BCUT2D eigenvalue weighted by Crippen LogP contribution is 2.45. The number of hydrogen-bond acceptors (Lipinski definition) is 15. The maximum absolute atomic E-state index is 14.6. The molecule has 2 unspecified atom stereocenters. The Hall–Kier alpha value is -1.99. The first-order valence-corrected chi connectivity index (χ1v) is 21.2. The lowest BCUT2D eigenvalue weighted by Gasteiger charge is -2.50. The number of esters is 1. The summed E-state index contributed by atoms with van der Waals surface area (Å²) in [5, 5.41) is 33.6. The minimum absolute atomic E-state index is 0.0482. The second kappa shape index (κ2) is 18.2. The SMILES string of the molecule is CO[C@]1(C)C[C@H](O[C@H]2[C@H](C)[C@@H](O[C@H]3O[C@@H](C)C[C@@H](N(C)C)C3O)[C@@](C)(OCC(C)O)C[C@@H](C)C3=NCCN4C(=O)O[C@](C)([C@@H](C)OC(=O)[C@@H]2C)[C@H]4[C@H]3C)O[C@@H](C)[C@@H]1O. The number of fused-ring (bicyclic) bond motifs is 1. The van der Waals surface area contributed by atoms with Gasteiger partial charge >= 0.3 is 12.1 Å². The van der Waals surface area contributed by atoms with E-state index in [4.69, 9.17) is 42.9 Å². The van der Waals surface area contributed by atoms with E-state index in [1.807, 2.05) is 53.6 Å². The normalized spacial score (nSPS) is 47.4. The van der Waals surface area contributed by atoms with Gasteiger partial charge in [0.1, 0.15) is 18.3 Å². The van der Waals surface area contributed by atoms with Gasteiger partial charge in [-0.2, -0.15) is 0 Å². The van der Waals surface area contributed by atoms with Gasteiger partial charge in [0.05, 0.1) is 66.8 Å². The molecule has 5 aliphatic heterocycles. The minimum atomic E-state index is -1.23. The molecule has 19 atom stereocenters. The van der Waals surface area contributed by atoms with Crippen molar-refractivity contribution >= 4 is 17.8 Å². The van der Waals surface area contributed by atoms with Gasteiger partial charge in [-0.25, -0.2) is 4.79 Å². The van der Waals surface area contributed by atoms with Crippen LogP contribution in [0, 0.1) is 23.7 Å². The van der Waals surface area contributed by atoms with Crippen molar-refractivity contribution in [2.24, 2.45) is 28.7 Å². The Labute approximate surface area is 345 Å². The zero-order valence-electron chi connectivity index (χ0n) is 37.2. The van der Waals surface area contributed by atoms with Crippen molar-refractivity contribution in [2.75, 3.05) is 40.9 Å². The highest BCUT2D eigenvalue weighted by atomic mass is 16.7. The van der Waals surface area contributed by atoms with Gasteiger partial charge in [0.25, 0.3) is 0 Å². The summed E-state index contributed by atoms with van der Waals surface area (Å²) in [6.45, 7) is 21.0. The van der Waals surface area contributed by atoms with Crippen LogP contribution in [0.1, 0.15) is 95.4 Å². The van der Waals surface area contributed by atoms with E-state index in [-0.39, 0.29) is 37.0 Å². The number of aliphatic hydroxyl groups excluding tert-OH is 3. The maximum atomic E-state index is 14.6. The van der Waals surface area contributed by atoms with E-state index in [1.165, 1.54) is 7.11 Å². The van der Waals surface area contributed by atoms with Crippen molar-refractivity contribution < 1.29 is 62.8 Å². The summed E-state index contributed by atoms with van der Waals surface area (Å²) in [4.78, 5) is 36.8. The topological polar surface area (TPSA) is 188 Å². The largest absolute Gasteiger partial charge is 0.458 e. The summed E-state index contributed by atoms with van der Waals surface area (Å²) in [6, 6.07) is -0.781. The molecule has 0 aromatic heterocycles. The van der Waals surface area contributed by atoms with E-state index >= 15 is 0 Å². The lowest BCUT2D eigenvalue weighted by atomic mass is 9.73. The molecule has 5 rings (SSSR count). The summed E-state index contributed by atoms with van der Waals surface area (Å²) in [5.74, 6) is -2.81. The number of carbonyl (C=O) groups excluding carboxylic acids is 2. The average molecular weight is 828 g/mol. The first-order valence-electron chi connectivity index (χ1n) is 21.2. The number of aliphatic imine (C=N–C) groups is 1. The molecule has 1 amide bonds. The van der Waals surface area contributed by atoms with E-state index in [0.717, 1.165) is 5.71 Å². The fourth-order valence-corrected chi connectivity index (χ4v) is 10.3. The zero-order valence-corrected chi connectivity index (χ0v) is 37.2. The number of methoxy groups -OCH3 is 1. The summed E-state index contributed by atoms with van der Waals surface area (Å²) in [5.41, 5.74) is -2.62. The summed E-state index contributed by atoms with van der Waals surface area (Å²) >= 11 is 0. The number of amides is 1. The Morgan fingerprint density at radius 2 is 1.64 bits per heavy atom. The number of rotatable bonds is 9. The van der Waals surface area contributed by atoms with E-state index in [9.17, 15) is 24.9 Å². The van der Waals surface area contributed by atoms with Crippen molar-refractivity contribution in [2.45, 2.75) is 186 Å². The van der Waals surface area contributed by atoms with E-state index in [2.05, 4.69) is 6.92 Å². The molecule has 2 bridgehead atoms. The fourth-order valence-electron chi connectivity index (χ4n) is 10.3. The first kappa shape index (κ1) is 47.1. The van der Waals surface area contributed by atoms with Crippen LogP contribution >= 0.6 is 0 Å². The molecule has 4 saturated heterocycles. The van der Waals surface area contributed by atoms with Crippen LogP contribution in [0.3, 0.4) is 0 Å². The van der Waals surface area contributed by atoms with Gasteiger partial charge in [0.15, 0.2) is 18.2 Å². The molecule has 334 valence electrons. The third kappa shape index (κ3) is 9.26. The van der Waals surface area contributed by atoms with Crippen LogP contribution in [0.25, 0.3) is 0 Å². The molecule has 0 saturated carbocycles. The van der Waals surface area contributed by atoms with Gasteiger partial charge in [0.2, 0.25) is 0 Å². The van der Waals surface area contributed by atoms with Crippen molar-refractivity contribution in [3.8, 4) is 0 Å². The smallest absolute Gasteiger partial charge is 0.410 e. The van der Waals surface area contributed by atoms with Crippen LogP contribution in [-0.4, -0.2) is 174 Å². The zero-order chi connectivity index (χ0) is 43.2. The number of carbonyl (C=O) groups is 2. The molecule has 5 aliphatic rings. The molecular formula is C42H73N3O13. The van der Waals surface area contributed by atoms with Crippen LogP contribution < -0.4 is 0 Å². The third-order valence-corrected chi connectivity index (χ3v) is 13.8. The Bertz CT molecular complexity index is 1470. The van der Waals surface area contributed by atoms with Crippen LogP contribution in [-0.2, 0) is 42.7 Å². The molecule has 0 aliphatic carbocycles. The highest BCUT2D eigenvalue weighted by Gasteiger charge is 2.60. The monoisotopic (exact) mass is 828 g/mol. The third-order valence-electron chi connectivity index (χ3n) is 13.8. The van der Waals surface area contributed by atoms with E-state index in [0.29, 0.717) is 25.9 Å². The van der Waals surface area contributed by atoms with Crippen LogP contribution in [0.5, 0.6) is 0 Å². The van der Waals surface area contributed by atoms with E-state index in [1.54, 1.807) is 39.5 Å². The summed E-state index contributed by atoms with van der Waals surface area (Å²) < 4.78 is 51.6. The maximum Gasteiger partial charge on any atom is 0.410 e. The fraction of sp³-hybridized carbons (Fsp3) is 0.929. The Morgan fingerprint density at radius 1 is 0.966 bits per heavy atom. The molecule has 0 radical (unpaired) electrons. The molecule has 3 N–H and O–H groups in total. The molecule has 58 heavy (non-hydrogen) atoms. The van der Waals surface area contributed by atoms with Crippen LogP contribution in [0.15, 0.2) is 4.99 Å². The lowest BCUT2D eigenvalue weighted by Crippen LogP contribution is -2.61. The first-order chi connectivity index (χ1) is 27.0. The van der Waals surface area contributed by atoms with Gasteiger partial charge in [0, 0.05) is 43.7 Å². The van der Waals surface area contributed by atoms with E-state index < -0.39 is 102 Å². The number of hydrogen-bond donors (Lipinski definition) is 3. The lowest BCUT2D eigenvalue weighted by molar-refractivity contribution is -0.321. The molecular weight excluding hydrogens is 754 g/mol. The summed E-state index contributed by atoms with van der Waals surface area (Å²) in [6.07, 6.45) is -8.02. The average Bonchev–Trinajstić information content (AvgIpc) is 3.28. The van der Waals surface area contributed by atoms with Gasteiger partial charge in [-0.05, 0) is 88.2 Å². The molecule has 16 heteroatoms. The predicted octanol–water partition coefficient (Wildman–Crippen LogP) is 3.15. The molecule has 5 heterocycles. The number of aliphatic hydroxyl groups is 3. The Kier molecular flexibility index (Phi) is 14.7. The van der Waals surface area contributed by atoms with Crippen molar-refractivity contribution in [3.63, 3.8) is 0 Å². The van der Waals surface area contributed by atoms with Crippen molar-refractivity contribution in [3.05, 3.63) is 0 Å². The second-order valence-corrected chi connectivity index (χ2v) is 18.8. The van der Waals surface area contributed by atoms with Crippen LogP contribution in [0.2, 0.25) is 0 Å². The van der Waals surface area contributed by atoms with Crippen LogP contribution in [0.4, 0.5) is 4.79 Å².